The molecule has 0 aromatic heterocycles. The lowest BCUT2D eigenvalue weighted by atomic mass is 10.2. The maximum atomic E-state index is 11.3. The van der Waals surface area contributed by atoms with Gasteiger partial charge in [-0.2, -0.15) is 0 Å². The smallest absolute Gasteiger partial charge is 0.326 e. The van der Waals surface area contributed by atoms with Gasteiger partial charge in [-0.25, -0.2) is 4.79 Å². The Morgan fingerprint density at radius 1 is 1.15 bits per heavy atom. The van der Waals surface area contributed by atoms with Crippen molar-refractivity contribution in [2.24, 2.45) is 0 Å². The molecule has 0 aliphatic heterocycles. The van der Waals surface area contributed by atoms with Gasteiger partial charge < -0.3 is 25.2 Å². The minimum Gasteiger partial charge on any atom is -0.480 e. The van der Waals surface area contributed by atoms with Crippen molar-refractivity contribution in [3.8, 4) is 0 Å². The minimum absolute atomic E-state index is 0.120. The average Bonchev–Trinajstić information content (AvgIpc) is 2.38. The van der Waals surface area contributed by atoms with E-state index in [9.17, 15) is 14.4 Å². The Morgan fingerprint density at radius 2 is 1.80 bits per heavy atom. The molecule has 0 heterocycles. The molecule has 8 heteroatoms. The van der Waals surface area contributed by atoms with E-state index in [1.165, 1.54) is 6.92 Å². The SMILES string of the molecule is CCC(NC(=O)COCCOCCNC(C)=O)C(=O)O. The lowest BCUT2D eigenvalue weighted by Crippen LogP contribution is -2.42. The number of amides is 2. The van der Waals surface area contributed by atoms with Gasteiger partial charge in [0, 0.05) is 13.5 Å². The summed E-state index contributed by atoms with van der Waals surface area (Å²) in [5.41, 5.74) is 0. The molecule has 0 saturated heterocycles. The van der Waals surface area contributed by atoms with Crippen molar-refractivity contribution >= 4 is 17.8 Å². The van der Waals surface area contributed by atoms with Gasteiger partial charge in [-0.1, -0.05) is 6.92 Å². The van der Waals surface area contributed by atoms with Gasteiger partial charge in [-0.3, -0.25) is 9.59 Å². The van der Waals surface area contributed by atoms with Crippen molar-refractivity contribution < 1.29 is 29.0 Å². The van der Waals surface area contributed by atoms with Gasteiger partial charge in [0.15, 0.2) is 0 Å². The first-order valence-corrected chi connectivity index (χ1v) is 6.39. The molecule has 0 aromatic carbocycles. The van der Waals surface area contributed by atoms with E-state index in [2.05, 4.69) is 10.6 Å². The maximum Gasteiger partial charge on any atom is 0.326 e. The highest BCUT2D eigenvalue weighted by Crippen LogP contribution is 1.90. The van der Waals surface area contributed by atoms with E-state index >= 15 is 0 Å². The van der Waals surface area contributed by atoms with Gasteiger partial charge in [-0.15, -0.1) is 0 Å². The zero-order valence-electron chi connectivity index (χ0n) is 11.8. The first-order valence-electron chi connectivity index (χ1n) is 6.39. The first-order chi connectivity index (χ1) is 9.47. The normalized spacial score (nSPS) is 11.7. The monoisotopic (exact) mass is 290 g/mol. The second-order valence-electron chi connectivity index (χ2n) is 4.01. The predicted octanol–water partition coefficient (Wildman–Crippen LogP) is -0.865. The number of hydrogen-bond acceptors (Lipinski definition) is 5. The molecule has 1 atom stereocenters. The molecule has 0 aliphatic carbocycles. The topological polar surface area (TPSA) is 114 Å². The molecule has 0 fully saturated rings. The van der Waals surface area contributed by atoms with E-state index < -0.39 is 17.9 Å². The van der Waals surface area contributed by atoms with Crippen LogP contribution in [0.25, 0.3) is 0 Å². The number of carbonyl (C=O) groups excluding carboxylic acids is 2. The summed E-state index contributed by atoms with van der Waals surface area (Å²) in [6, 6.07) is -0.889. The number of rotatable bonds is 11. The number of carboxylic acid groups (broad SMARTS) is 1. The van der Waals surface area contributed by atoms with Gasteiger partial charge >= 0.3 is 5.97 Å². The van der Waals surface area contributed by atoms with Crippen molar-refractivity contribution in [1.82, 2.24) is 10.6 Å². The molecule has 0 saturated carbocycles. The summed E-state index contributed by atoms with van der Waals surface area (Å²) in [6.07, 6.45) is 0.313. The Balaban J connectivity index is 3.48. The molecule has 116 valence electrons. The fourth-order valence-electron chi connectivity index (χ4n) is 1.26. The van der Waals surface area contributed by atoms with Crippen LogP contribution < -0.4 is 10.6 Å². The van der Waals surface area contributed by atoms with Crippen molar-refractivity contribution in [3.63, 3.8) is 0 Å². The van der Waals surface area contributed by atoms with Crippen LogP contribution in [0.5, 0.6) is 0 Å². The number of carboxylic acids is 1. The second kappa shape index (κ2) is 11.2. The summed E-state index contributed by atoms with van der Waals surface area (Å²) >= 11 is 0. The minimum atomic E-state index is -1.07. The fraction of sp³-hybridized carbons (Fsp3) is 0.750. The number of nitrogens with one attached hydrogen (secondary N) is 2. The van der Waals surface area contributed by atoms with Crippen molar-refractivity contribution in [3.05, 3.63) is 0 Å². The van der Waals surface area contributed by atoms with Crippen LogP contribution in [0.2, 0.25) is 0 Å². The van der Waals surface area contributed by atoms with E-state index in [0.29, 0.717) is 26.2 Å². The number of hydrogen-bond donors (Lipinski definition) is 3. The van der Waals surface area contributed by atoms with E-state index in [4.69, 9.17) is 14.6 Å². The van der Waals surface area contributed by atoms with Crippen LogP contribution in [0.4, 0.5) is 0 Å². The van der Waals surface area contributed by atoms with Crippen LogP contribution in [-0.2, 0) is 23.9 Å². The third kappa shape index (κ3) is 10.3. The second-order valence-corrected chi connectivity index (χ2v) is 4.01. The molecule has 0 radical (unpaired) electrons. The summed E-state index contributed by atoms with van der Waals surface area (Å²) in [6.45, 7) is 4.18. The van der Waals surface area contributed by atoms with Crippen LogP contribution in [-0.4, -0.2) is 61.9 Å². The lowest BCUT2D eigenvalue weighted by molar-refractivity contribution is -0.142. The number of aliphatic carboxylic acids is 1. The van der Waals surface area contributed by atoms with Gasteiger partial charge in [-0.05, 0) is 6.42 Å². The molecular weight excluding hydrogens is 268 g/mol. The summed E-state index contributed by atoms with van der Waals surface area (Å²) < 4.78 is 10.2. The Hall–Kier alpha value is -1.67. The Kier molecular flexibility index (Phi) is 10.2. The Bertz CT molecular complexity index is 321. The standard InChI is InChI=1S/C12H22N2O6/c1-3-10(12(17)18)14-11(16)8-20-7-6-19-5-4-13-9(2)15/h10H,3-8H2,1-2H3,(H,13,15)(H,14,16)(H,17,18). The Morgan fingerprint density at radius 3 is 2.35 bits per heavy atom. The predicted molar refractivity (Wildman–Crippen MR) is 70.2 cm³/mol. The molecule has 0 aromatic rings. The average molecular weight is 290 g/mol. The highest BCUT2D eigenvalue weighted by Gasteiger charge is 2.17. The van der Waals surface area contributed by atoms with Crippen molar-refractivity contribution in [1.29, 1.82) is 0 Å². The summed E-state index contributed by atoms with van der Waals surface area (Å²) in [7, 11) is 0. The van der Waals surface area contributed by atoms with Crippen molar-refractivity contribution in [2.45, 2.75) is 26.3 Å². The van der Waals surface area contributed by atoms with Crippen molar-refractivity contribution in [2.75, 3.05) is 33.0 Å². The van der Waals surface area contributed by atoms with Gasteiger partial charge in [0.05, 0.1) is 19.8 Å². The maximum absolute atomic E-state index is 11.3. The molecule has 20 heavy (non-hydrogen) atoms. The third-order valence-corrected chi connectivity index (χ3v) is 2.27. The fourth-order valence-corrected chi connectivity index (χ4v) is 1.26. The van der Waals surface area contributed by atoms with Gasteiger partial charge in [0.2, 0.25) is 11.8 Å². The molecule has 1 unspecified atom stereocenters. The molecule has 0 aliphatic rings. The van der Waals surface area contributed by atoms with Crippen LogP contribution >= 0.6 is 0 Å². The highest BCUT2D eigenvalue weighted by atomic mass is 16.5. The quantitative estimate of drug-likeness (QED) is 0.426. The van der Waals surface area contributed by atoms with E-state index in [1.807, 2.05) is 0 Å². The molecule has 8 nitrogen and oxygen atoms in total. The Labute approximate surface area is 117 Å². The largest absolute Gasteiger partial charge is 0.480 e. The third-order valence-electron chi connectivity index (χ3n) is 2.27. The zero-order valence-corrected chi connectivity index (χ0v) is 11.8. The van der Waals surface area contributed by atoms with E-state index in [0.717, 1.165) is 0 Å². The molecule has 0 bridgehead atoms. The molecular formula is C12H22N2O6. The van der Waals surface area contributed by atoms with Gasteiger partial charge in [0.1, 0.15) is 12.6 Å². The molecule has 0 rings (SSSR count). The van der Waals surface area contributed by atoms with Crippen LogP contribution in [0, 0.1) is 0 Å². The van der Waals surface area contributed by atoms with Crippen LogP contribution in [0.15, 0.2) is 0 Å². The van der Waals surface area contributed by atoms with E-state index in [1.54, 1.807) is 6.92 Å². The van der Waals surface area contributed by atoms with Gasteiger partial charge in [0.25, 0.3) is 0 Å². The zero-order chi connectivity index (χ0) is 15.4. The molecule has 3 N–H and O–H groups in total. The van der Waals surface area contributed by atoms with Crippen LogP contribution in [0.1, 0.15) is 20.3 Å². The summed E-state index contributed by atoms with van der Waals surface area (Å²) in [5.74, 6) is -1.66. The van der Waals surface area contributed by atoms with Crippen LogP contribution in [0.3, 0.4) is 0 Å². The molecule has 0 spiro atoms. The number of ether oxygens (including phenoxy) is 2. The summed E-state index contributed by atoms with van der Waals surface area (Å²) in [5, 5.41) is 13.7. The first kappa shape index (κ1) is 18.3. The summed E-state index contributed by atoms with van der Waals surface area (Å²) in [4.78, 5) is 32.6. The number of carbonyl (C=O) groups is 3. The van der Waals surface area contributed by atoms with E-state index in [-0.39, 0.29) is 19.1 Å². The lowest BCUT2D eigenvalue weighted by Gasteiger charge is -2.12. The highest BCUT2D eigenvalue weighted by molar-refractivity contribution is 5.84. The molecule has 2 amide bonds.